The fourth-order valence-electron chi connectivity index (χ4n) is 2.33. The minimum absolute atomic E-state index is 0.107. The lowest BCUT2D eigenvalue weighted by Crippen LogP contribution is -2.31. The van der Waals surface area contributed by atoms with Crippen molar-refractivity contribution in [2.75, 3.05) is 13.6 Å². The first-order chi connectivity index (χ1) is 12.3. The topological polar surface area (TPSA) is 49.4 Å². The maximum Gasteiger partial charge on any atom is 0.416 e. The highest BCUT2D eigenvalue weighted by atomic mass is 19.4. The molecule has 2 rings (SSSR count). The molecule has 26 heavy (non-hydrogen) atoms. The van der Waals surface area contributed by atoms with E-state index in [2.05, 4.69) is 5.32 Å². The number of amides is 2. The number of rotatable bonds is 6. The Labute approximate surface area is 149 Å². The molecular weight excluding hydrogens is 345 g/mol. The summed E-state index contributed by atoms with van der Waals surface area (Å²) < 4.78 is 37.6. The maximum atomic E-state index is 12.5. The van der Waals surface area contributed by atoms with E-state index in [-0.39, 0.29) is 31.3 Å². The van der Waals surface area contributed by atoms with Crippen LogP contribution in [0.25, 0.3) is 0 Å². The molecule has 0 saturated heterocycles. The smallest absolute Gasteiger partial charge is 0.352 e. The van der Waals surface area contributed by atoms with Crippen molar-refractivity contribution in [3.63, 3.8) is 0 Å². The second-order valence-electron chi connectivity index (χ2n) is 5.82. The van der Waals surface area contributed by atoms with Gasteiger partial charge in [-0.15, -0.1) is 0 Å². The third kappa shape index (κ3) is 5.61. The first kappa shape index (κ1) is 19.5. The van der Waals surface area contributed by atoms with Gasteiger partial charge in [0, 0.05) is 32.1 Å². The molecular formula is C19H19F3N2O2. The van der Waals surface area contributed by atoms with Crippen molar-refractivity contribution in [1.82, 2.24) is 10.2 Å². The summed E-state index contributed by atoms with van der Waals surface area (Å²) in [5.41, 5.74) is 0.388. The van der Waals surface area contributed by atoms with Gasteiger partial charge in [0.05, 0.1) is 5.56 Å². The zero-order valence-corrected chi connectivity index (χ0v) is 14.2. The lowest BCUT2D eigenvalue weighted by Gasteiger charge is -2.18. The van der Waals surface area contributed by atoms with Gasteiger partial charge in [0.2, 0.25) is 5.91 Å². The van der Waals surface area contributed by atoms with E-state index < -0.39 is 11.7 Å². The molecule has 0 radical (unpaired) electrons. The quantitative estimate of drug-likeness (QED) is 0.853. The summed E-state index contributed by atoms with van der Waals surface area (Å²) in [4.78, 5) is 25.4. The SMILES string of the molecule is CN(Cc1ccc(C(F)(F)F)cc1)C(=O)CCNC(=O)c1ccccc1. The Bertz CT molecular complexity index is 744. The van der Waals surface area contributed by atoms with Crippen LogP contribution >= 0.6 is 0 Å². The summed E-state index contributed by atoms with van der Waals surface area (Å²) in [6.07, 6.45) is -4.27. The molecule has 0 bridgehead atoms. The van der Waals surface area contributed by atoms with E-state index in [9.17, 15) is 22.8 Å². The minimum atomic E-state index is -4.38. The number of carbonyl (C=O) groups is 2. The number of nitrogens with one attached hydrogen (secondary N) is 1. The lowest BCUT2D eigenvalue weighted by atomic mass is 10.1. The van der Waals surface area contributed by atoms with E-state index in [1.165, 1.54) is 17.0 Å². The molecule has 138 valence electrons. The number of benzene rings is 2. The van der Waals surface area contributed by atoms with Crippen LogP contribution in [0.3, 0.4) is 0 Å². The van der Waals surface area contributed by atoms with E-state index >= 15 is 0 Å². The molecule has 2 aromatic carbocycles. The number of nitrogens with zero attached hydrogens (tertiary/aromatic N) is 1. The predicted molar refractivity (Wildman–Crippen MR) is 91.3 cm³/mol. The van der Waals surface area contributed by atoms with E-state index in [1.54, 1.807) is 37.4 Å². The highest BCUT2D eigenvalue weighted by Crippen LogP contribution is 2.29. The van der Waals surface area contributed by atoms with Crippen molar-refractivity contribution in [1.29, 1.82) is 0 Å². The molecule has 0 atom stereocenters. The Hall–Kier alpha value is -2.83. The zero-order valence-electron chi connectivity index (χ0n) is 14.2. The second kappa shape index (κ2) is 8.51. The summed E-state index contributed by atoms with van der Waals surface area (Å²) in [7, 11) is 1.57. The van der Waals surface area contributed by atoms with Crippen LogP contribution in [0.5, 0.6) is 0 Å². The summed E-state index contributed by atoms with van der Waals surface area (Å²) in [5, 5.41) is 2.66. The van der Waals surface area contributed by atoms with E-state index in [0.717, 1.165) is 12.1 Å². The number of alkyl halides is 3. The van der Waals surface area contributed by atoms with Gasteiger partial charge in [-0.3, -0.25) is 9.59 Å². The minimum Gasteiger partial charge on any atom is -0.352 e. The van der Waals surface area contributed by atoms with Crippen molar-refractivity contribution in [3.8, 4) is 0 Å². The van der Waals surface area contributed by atoms with Gasteiger partial charge in [-0.05, 0) is 29.8 Å². The number of carbonyl (C=O) groups excluding carboxylic acids is 2. The highest BCUT2D eigenvalue weighted by Gasteiger charge is 2.29. The summed E-state index contributed by atoms with van der Waals surface area (Å²) >= 11 is 0. The molecule has 0 saturated carbocycles. The van der Waals surface area contributed by atoms with Crippen LogP contribution in [0.1, 0.15) is 27.9 Å². The fraction of sp³-hybridized carbons (Fsp3) is 0.263. The van der Waals surface area contributed by atoms with Gasteiger partial charge in [0.15, 0.2) is 0 Å². The lowest BCUT2D eigenvalue weighted by molar-refractivity contribution is -0.137. The Morgan fingerprint density at radius 1 is 1.00 bits per heavy atom. The molecule has 2 aromatic rings. The average molecular weight is 364 g/mol. The first-order valence-corrected chi connectivity index (χ1v) is 8.00. The molecule has 0 heterocycles. The molecule has 4 nitrogen and oxygen atoms in total. The normalized spacial score (nSPS) is 11.1. The van der Waals surface area contributed by atoms with Crippen molar-refractivity contribution in [2.24, 2.45) is 0 Å². The third-order valence-electron chi connectivity index (χ3n) is 3.79. The van der Waals surface area contributed by atoms with Gasteiger partial charge >= 0.3 is 6.18 Å². The highest BCUT2D eigenvalue weighted by molar-refractivity contribution is 5.94. The maximum absolute atomic E-state index is 12.5. The van der Waals surface area contributed by atoms with Crippen LogP contribution in [-0.4, -0.2) is 30.3 Å². The number of halogens is 3. The molecule has 0 spiro atoms. The third-order valence-corrected chi connectivity index (χ3v) is 3.79. The molecule has 7 heteroatoms. The van der Waals surface area contributed by atoms with E-state index in [4.69, 9.17) is 0 Å². The molecule has 1 N–H and O–H groups in total. The molecule has 0 aliphatic rings. The summed E-state index contributed by atoms with van der Waals surface area (Å²) in [6, 6.07) is 13.3. The monoisotopic (exact) mass is 364 g/mol. The number of hydrogen-bond donors (Lipinski definition) is 1. The van der Waals surface area contributed by atoms with Crippen LogP contribution in [0, 0.1) is 0 Å². The Balaban J connectivity index is 1.79. The van der Waals surface area contributed by atoms with E-state index in [1.807, 2.05) is 0 Å². The predicted octanol–water partition coefficient (Wildman–Crippen LogP) is 3.48. The molecule has 0 aliphatic heterocycles. The van der Waals surface area contributed by atoms with Crippen LogP contribution < -0.4 is 5.32 Å². The van der Waals surface area contributed by atoms with Gasteiger partial charge in [-0.1, -0.05) is 30.3 Å². The summed E-state index contributed by atoms with van der Waals surface area (Å²) in [6.45, 7) is 0.382. The Morgan fingerprint density at radius 3 is 2.19 bits per heavy atom. The van der Waals surface area contributed by atoms with Crippen LogP contribution in [0.15, 0.2) is 54.6 Å². The van der Waals surface area contributed by atoms with Gasteiger partial charge in [0.25, 0.3) is 5.91 Å². The molecule has 0 fully saturated rings. The van der Waals surface area contributed by atoms with Crippen molar-refractivity contribution >= 4 is 11.8 Å². The van der Waals surface area contributed by atoms with Crippen LogP contribution in [-0.2, 0) is 17.5 Å². The van der Waals surface area contributed by atoms with Gasteiger partial charge in [0.1, 0.15) is 0 Å². The second-order valence-corrected chi connectivity index (χ2v) is 5.82. The Kier molecular flexibility index (Phi) is 6.38. The molecule has 0 aliphatic carbocycles. The number of hydrogen-bond acceptors (Lipinski definition) is 2. The van der Waals surface area contributed by atoms with Gasteiger partial charge < -0.3 is 10.2 Å². The zero-order chi connectivity index (χ0) is 19.2. The van der Waals surface area contributed by atoms with Crippen LogP contribution in [0.2, 0.25) is 0 Å². The Morgan fingerprint density at radius 2 is 1.62 bits per heavy atom. The molecule has 0 aromatic heterocycles. The fourth-order valence-corrected chi connectivity index (χ4v) is 2.33. The average Bonchev–Trinajstić information content (AvgIpc) is 2.62. The van der Waals surface area contributed by atoms with Gasteiger partial charge in [-0.2, -0.15) is 13.2 Å². The molecule has 2 amide bonds. The van der Waals surface area contributed by atoms with E-state index in [0.29, 0.717) is 11.1 Å². The van der Waals surface area contributed by atoms with Crippen molar-refractivity contribution in [2.45, 2.75) is 19.1 Å². The van der Waals surface area contributed by atoms with Crippen LogP contribution in [0.4, 0.5) is 13.2 Å². The van der Waals surface area contributed by atoms with Crippen molar-refractivity contribution < 1.29 is 22.8 Å². The first-order valence-electron chi connectivity index (χ1n) is 8.00. The van der Waals surface area contributed by atoms with Crippen molar-refractivity contribution in [3.05, 3.63) is 71.3 Å². The summed E-state index contributed by atoms with van der Waals surface area (Å²) in [5.74, 6) is -0.470. The van der Waals surface area contributed by atoms with Gasteiger partial charge in [-0.25, -0.2) is 0 Å². The largest absolute Gasteiger partial charge is 0.416 e. The standard InChI is InChI=1S/C19H19F3N2O2/c1-24(13-14-7-9-16(10-8-14)19(20,21)22)17(25)11-12-23-18(26)15-5-3-2-4-6-15/h2-10H,11-13H2,1H3,(H,23,26). The molecule has 0 unspecified atom stereocenters.